The number of carbonyl (C=O) groups excluding carboxylic acids is 2. The van der Waals surface area contributed by atoms with Gasteiger partial charge in [0.25, 0.3) is 0 Å². The normalized spacial score (nSPS) is 16.7. The summed E-state index contributed by atoms with van der Waals surface area (Å²) in [5, 5.41) is 3.36. The predicted octanol–water partition coefficient (Wildman–Crippen LogP) is 3.45. The number of rotatable bonds is 6. The van der Waals surface area contributed by atoms with Crippen molar-refractivity contribution in [1.82, 2.24) is 10.2 Å². The molecule has 1 fully saturated rings. The van der Waals surface area contributed by atoms with E-state index in [4.69, 9.17) is 4.74 Å². The van der Waals surface area contributed by atoms with E-state index >= 15 is 0 Å². The number of nitrogens with zero attached hydrogens (tertiary/aromatic N) is 1. The fourth-order valence-corrected chi connectivity index (χ4v) is 3.65. The molecule has 0 saturated carbocycles. The molecule has 1 aliphatic rings. The number of amides is 1. The molecule has 1 unspecified atom stereocenters. The summed E-state index contributed by atoms with van der Waals surface area (Å²) in [6.07, 6.45) is 0.446. The van der Waals surface area contributed by atoms with Gasteiger partial charge in [0, 0.05) is 43.6 Å². The van der Waals surface area contributed by atoms with E-state index in [0.29, 0.717) is 18.7 Å². The van der Waals surface area contributed by atoms with Gasteiger partial charge < -0.3 is 15.0 Å². The van der Waals surface area contributed by atoms with Crippen molar-refractivity contribution in [2.75, 3.05) is 26.7 Å². The number of ether oxygens (including phenoxy) is 1. The summed E-state index contributed by atoms with van der Waals surface area (Å²) in [6.45, 7) is 6.07. The van der Waals surface area contributed by atoms with Crippen molar-refractivity contribution in [2.45, 2.75) is 32.7 Å². The van der Waals surface area contributed by atoms with Gasteiger partial charge in [-0.2, -0.15) is 0 Å². The molecular formula is C23H28N2O3. The molecule has 0 spiro atoms. The maximum Gasteiger partial charge on any atom is 0.223 e. The van der Waals surface area contributed by atoms with E-state index in [1.807, 2.05) is 61.2 Å². The second-order valence-corrected chi connectivity index (χ2v) is 7.27. The molecule has 0 aliphatic carbocycles. The Bertz CT molecular complexity index is 863. The third-order valence-corrected chi connectivity index (χ3v) is 5.46. The third kappa shape index (κ3) is 4.42. The standard InChI is InChI=1S/C23H28N2O3/c1-16-8-9-18(14-17(16)2)21(26)10-11-23(27)25-13-12-24-15-20(25)19-6-4-5-7-22(19)28-3/h4-9,14,20,24H,10-13,15H2,1-3H3. The van der Waals surface area contributed by atoms with E-state index in [1.54, 1.807) is 7.11 Å². The molecule has 1 heterocycles. The van der Waals surface area contributed by atoms with Crippen molar-refractivity contribution >= 4 is 11.7 Å². The van der Waals surface area contributed by atoms with Crippen LogP contribution >= 0.6 is 0 Å². The highest BCUT2D eigenvalue weighted by atomic mass is 16.5. The Morgan fingerprint density at radius 3 is 2.64 bits per heavy atom. The number of hydrogen-bond acceptors (Lipinski definition) is 4. The van der Waals surface area contributed by atoms with Crippen LogP contribution in [0.5, 0.6) is 5.75 Å². The molecule has 2 aromatic rings. The molecular weight excluding hydrogens is 352 g/mol. The van der Waals surface area contributed by atoms with Gasteiger partial charge in [0.1, 0.15) is 5.75 Å². The summed E-state index contributed by atoms with van der Waals surface area (Å²) in [5.41, 5.74) is 3.92. The molecule has 1 atom stereocenters. The zero-order valence-corrected chi connectivity index (χ0v) is 16.8. The minimum absolute atomic E-state index is 0.00888. The lowest BCUT2D eigenvalue weighted by atomic mass is 9.99. The van der Waals surface area contributed by atoms with Gasteiger partial charge in [-0.1, -0.05) is 30.3 Å². The van der Waals surface area contributed by atoms with Crippen LogP contribution in [-0.4, -0.2) is 43.3 Å². The van der Waals surface area contributed by atoms with Crippen molar-refractivity contribution in [2.24, 2.45) is 0 Å². The Kier molecular flexibility index (Phi) is 6.47. The van der Waals surface area contributed by atoms with Crippen LogP contribution in [-0.2, 0) is 4.79 Å². The quantitative estimate of drug-likeness (QED) is 0.780. The Hall–Kier alpha value is -2.66. The van der Waals surface area contributed by atoms with Gasteiger partial charge in [0.05, 0.1) is 13.2 Å². The van der Waals surface area contributed by atoms with Crippen molar-refractivity contribution in [3.63, 3.8) is 0 Å². The highest BCUT2D eigenvalue weighted by Gasteiger charge is 2.29. The number of ketones is 1. The minimum atomic E-state index is -0.0888. The number of benzene rings is 2. The maximum atomic E-state index is 12.9. The molecule has 3 rings (SSSR count). The van der Waals surface area contributed by atoms with Gasteiger partial charge in [-0.3, -0.25) is 9.59 Å². The van der Waals surface area contributed by atoms with Gasteiger partial charge in [-0.15, -0.1) is 0 Å². The number of para-hydroxylation sites is 1. The van der Waals surface area contributed by atoms with Gasteiger partial charge in [-0.05, 0) is 37.1 Å². The summed E-state index contributed by atoms with van der Waals surface area (Å²) in [5.74, 6) is 0.801. The second kappa shape index (κ2) is 9.02. The fourth-order valence-electron chi connectivity index (χ4n) is 3.65. The second-order valence-electron chi connectivity index (χ2n) is 7.27. The monoisotopic (exact) mass is 380 g/mol. The first-order valence-electron chi connectivity index (χ1n) is 9.75. The molecule has 28 heavy (non-hydrogen) atoms. The van der Waals surface area contributed by atoms with Crippen LogP contribution in [0.2, 0.25) is 0 Å². The smallest absolute Gasteiger partial charge is 0.223 e. The Labute approximate surface area is 166 Å². The number of hydrogen-bond donors (Lipinski definition) is 1. The summed E-state index contributed by atoms with van der Waals surface area (Å²) in [7, 11) is 1.64. The Balaban J connectivity index is 1.69. The highest BCUT2D eigenvalue weighted by molar-refractivity contribution is 5.98. The summed E-state index contributed by atoms with van der Waals surface area (Å²) in [6, 6.07) is 13.4. The zero-order chi connectivity index (χ0) is 20.1. The molecule has 0 aromatic heterocycles. The van der Waals surface area contributed by atoms with E-state index in [-0.39, 0.29) is 30.6 Å². The van der Waals surface area contributed by atoms with Crippen LogP contribution < -0.4 is 10.1 Å². The van der Waals surface area contributed by atoms with Crippen LogP contribution in [0.1, 0.15) is 45.9 Å². The first-order valence-corrected chi connectivity index (χ1v) is 9.75. The zero-order valence-electron chi connectivity index (χ0n) is 16.8. The van der Waals surface area contributed by atoms with E-state index in [2.05, 4.69) is 5.32 Å². The highest BCUT2D eigenvalue weighted by Crippen LogP contribution is 2.30. The van der Waals surface area contributed by atoms with Crippen LogP contribution in [0, 0.1) is 13.8 Å². The van der Waals surface area contributed by atoms with Crippen molar-refractivity contribution in [3.8, 4) is 5.75 Å². The van der Waals surface area contributed by atoms with Gasteiger partial charge >= 0.3 is 0 Å². The average Bonchev–Trinajstić information content (AvgIpc) is 2.73. The van der Waals surface area contributed by atoms with Gasteiger partial charge in [-0.25, -0.2) is 0 Å². The first kappa shape index (κ1) is 20.1. The molecule has 5 heteroatoms. The SMILES string of the molecule is COc1ccccc1C1CNCCN1C(=O)CCC(=O)c1ccc(C)c(C)c1. The molecule has 1 aliphatic heterocycles. The largest absolute Gasteiger partial charge is 0.496 e. The third-order valence-electron chi connectivity index (χ3n) is 5.46. The number of piperazine rings is 1. The number of methoxy groups -OCH3 is 1. The fraction of sp³-hybridized carbons (Fsp3) is 0.391. The van der Waals surface area contributed by atoms with E-state index in [9.17, 15) is 9.59 Å². The van der Waals surface area contributed by atoms with Crippen LogP contribution in [0.4, 0.5) is 0 Å². The first-order chi connectivity index (χ1) is 13.5. The molecule has 5 nitrogen and oxygen atoms in total. The number of Topliss-reactive ketones (excluding diaryl/α,β-unsaturated/α-hetero) is 1. The van der Waals surface area contributed by atoms with Crippen molar-refractivity contribution in [3.05, 3.63) is 64.7 Å². The van der Waals surface area contributed by atoms with Gasteiger partial charge in [0.15, 0.2) is 5.78 Å². The summed E-state index contributed by atoms with van der Waals surface area (Å²) in [4.78, 5) is 27.4. The number of aryl methyl sites for hydroxylation is 2. The molecule has 0 radical (unpaired) electrons. The van der Waals surface area contributed by atoms with E-state index in [1.165, 1.54) is 0 Å². The number of carbonyl (C=O) groups is 2. The molecule has 0 bridgehead atoms. The topological polar surface area (TPSA) is 58.6 Å². The lowest BCUT2D eigenvalue weighted by Gasteiger charge is -2.37. The van der Waals surface area contributed by atoms with Crippen LogP contribution in [0.3, 0.4) is 0 Å². The molecule has 1 amide bonds. The minimum Gasteiger partial charge on any atom is -0.496 e. The molecule has 2 aromatic carbocycles. The lowest BCUT2D eigenvalue weighted by Crippen LogP contribution is -2.48. The van der Waals surface area contributed by atoms with Crippen LogP contribution in [0.15, 0.2) is 42.5 Å². The predicted molar refractivity (Wildman–Crippen MR) is 110 cm³/mol. The molecule has 148 valence electrons. The lowest BCUT2D eigenvalue weighted by molar-refractivity contribution is -0.134. The van der Waals surface area contributed by atoms with Gasteiger partial charge in [0.2, 0.25) is 5.91 Å². The maximum absolute atomic E-state index is 12.9. The Morgan fingerprint density at radius 2 is 1.89 bits per heavy atom. The Morgan fingerprint density at radius 1 is 1.11 bits per heavy atom. The molecule has 1 N–H and O–H groups in total. The summed E-state index contributed by atoms with van der Waals surface area (Å²) < 4.78 is 5.48. The molecule has 1 saturated heterocycles. The van der Waals surface area contributed by atoms with Crippen LogP contribution in [0.25, 0.3) is 0 Å². The number of nitrogens with one attached hydrogen (secondary N) is 1. The average molecular weight is 380 g/mol. The van der Waals surface area contributed by atoms with Crippen molar-refractivity contribution < 1.29 is 14.3 Å². The van der Waals surface area contributed by atoms with E-state index < -0.39 is 0 Å². The van der Waals surface area contributed by atoms with E-state index in [0.717, 1.165) is 29.0 Å². The summed E-state index contributed by atoms with van der Waals surface area (Å²) >= 11 is 0. The van der Waals surface area contributed by atoms with Crippen molar-refractivity contribution in [1.29, 1.82) is 0 Å².